The number of carbonyl (C=O) groups is 1. The maximum Gasteiger partial charge on any atom is 0.220 e. The summed E-state index contributed by atoms with van der Waals surface area (Å²) in [5.41, 5.74) is 12.2. The van der Waals surface area contributed by atoms with E-state index in [1.807, 2.05) is 13.8 Å². The van der Waals surface area contributed by atoms with E-state index < -0.39 is 0 Å². The van der Waals surface area contributed by atoms with Gasteiger partial charge in [-0.3, -0.25) is 15.6 Å². The van der Waals surface area contributed by atoms with Gasteiger partial charge in [0.2, 0.25) is 5.91 Å². The zero-order chi connectivity index (χ0) is 30.4. The Bertz CT molecular complexity index is 664. The maximum absolute atomic E-state index is 12.1. The van der Waals surface area contributed by atoms with Gasteiger partial charge < -0.3 is 27.0 Å². The summed E-state index contributed by atoms with van der Waals surface area (Å²) in [5.74, 6) is 4.59. The van der Waals surface area contributed by atoms with Crippen LogP contribution in [-0.4, -0.2) is 70.3 Å². The largest absolute Gasteiger partial charge is 0.354 e. The predicted octanol–water partition coefficient (Wildman–Crippen LogP) is 4.31. The topological polar surface area (TPSA) is 115 Å². The molecule has 8 nitrogen and oxygen atoms in total. The van der Waals surface area contributed by atoms with Crippen molar-refractivity contribution in [3.63, 3.8) is 0 Å². The third-order valence-corrected chi connectivity index (χ3v) is 9.85. The zero-order valence-electron chi connectivity index (χ0n) is 28.1. The van der Waals surface area contributed by atoms with Crippen molar-refractivity contribution in [3.8, 4) is 0 Å². The monoisotopic (exact) mass is 594 g/mol. The number of rotatable bonds is 25. The average Bonchev–Trinajstić information content (AvgIpc) is 3.42. The summed E-state index contributed by atoms with van der Waals surface area (Å²) in [6, 6.07) is 0.936. The molecule has 0 spiro atoms. The summed E-state index contributed by atoms with van der Waals surface area (Å²) in [5, 5.41) is 13.6. The first-order valence-electron chi connectivity index (χ1n) is 18.0. The lowest BCUT2D eigenvalue weighted by Crippen LogP contribution is -2.44. The molecule has 0 aromatic carbocycles. The van der Waals surface area contributed by atoms with Gasteiger partial charge >= 0.3 is 0 Å². The standard InChI is InChI=1S/C34H71N7O/c1-5-8-28(4)33(31-15-13-29(25-31)10-7-12-34(42)41-27(2)3)16-14-30-9-6-11-32(26-30)38-22-24-40-39-23-21-37-20-19-36-18-17-35/h27-33,36-40H,5-26,35H2,1-4H3,(H,41,42)/t28?,29?,30?,31?,32-,33?/m0/s1. The third-order valence-electron chi connectivity index (χ3n) is 9.85. The second kappa shape index (κ2) is 23.6. The Kier molecular flexibility index (Phi) is 21.0. The Hall–Kier alpha value is -0.770. The summed E-state index contributed by atoms with van der Waals surface area (Å²) >= 11 is 0. The van der Waals surface area contributed by atoms with Crippen LogP contribution in [0.1, 0.15) is 118 Å². The van der Waals surface area contributed by atoms with E-state index in [1.54, 1.807) is 0 Å². The second-order valence-corrected chi connectivity index (χ2v) is 13.9. The van der Waals surface area contributed by atoms with E-state index in [0.717, 1.165) is 81.8 Å². The van der Waals surface area contributed by atoms with Gasteiger partial charge in [-0.2, -0.15) is 0 Å². The van der Waals surface area contributed by atoms with Crippen LogP contribution in [0.2, 0.25) is 0 Å². The van der Waals surface area contributed by atoms with Crippen molar-refractivity contribution < 1.29 is 4.79 Å². The molecule has 42 heavy (non-hydrogen) atoms. The molecule has 248 valence electrons. The maximum atomic E-state index is 12.1. The Morgan fingerprint density at radius 2 is 1.52 bits per heavy atom. The molecule has 0 aromatic rings. The Morgan fingerprint density at radius 3 is 2.26 bits per heavy atom. The van der Waals surface area contributed by atoms with Crippen molar-refractivity contribution in [1.29, 1.82) is 0 Å². The molecule has 0 bridgehead atoms. The van der Waals surface area contributed by atoms with Gasteiger partial charge in [0.05, 0.1) is 0 Å². The molecule has 0 radical (unpaired) electrons. The lowest BCUT2D eigenvalue weighted by Gasteiger charge is -2.34. The molecule has 2 rings (SSSR count). The highest BCUT2D eigenvalue weighted by Gasteiger charge is 2.34. The zero-order valence-corrected chi connectivity index (χ0v) is 28.1. The number of hydrazine groups is 1. The van der Waals surface area contributed by atoms with Crippen LogP contribution < -0.4 is 37.9 Å². The molecule has 2 aliphatic rings. The average molecular weight is 594 g/mol. The van der Waals surface area contributed by atoms with Crippen molar-refractivity contribution in [2.24, 2.45) is 35.3 Å². The van der Waals surface area contributed by atoms with Crippen LogP contribution in [0.25, 0.3) is 0 Å². The normalized spacial score (nSPS) is 24.2. The minimum atomic E-state index is 0.230. The Balaban J connectivity index is 1.62. The van der Waals surface area contributed by atoms with Gasteiger partial charge in [-0.15, -0.1) is 0 Å². The summed E-state index contributed by atoms with van der Waals surface area (Å²) in [6.45, 7) is 16.4. The third kappa shape index (κ3) is 16.9. The molecule has 6 atom stereocenters. The lowest BCUT2D eigenvalue weighted by molar-refractivity contribution is -0.121. The first-order valence-corrected chi connectivity index (χ1v) is 18.0. The molecule has 2 aliphatic carbocycles. The van der Waals surface area contributed by atoms with Crippen molar-refractivity contribution in [2.75, 3.05) is 52.4 Å². The van der Waals surface area contributed by atoms with Crippen LogP contribution in [0.5, 0.6) is 0 Å². The fourth-order valence-electron chi connectivity index (χ4n) is 7.73. The predicted molar refractivity (Wildman–Crippen MR) is 179 cm³/mol. The first kappa shape index (κ1) is 37.4. The Labute approximate surface area is 260 Å². The highest BCUT2D eigenvalue weighted by molar-refractivity contribution is 5.76. The fourth-order valence-corrected chi connectivity index (χ4v) is 7.73. The number of nitrogens with one attached hydrogen (secondary N) is 6. The number of amides is 1. The smallest absolute Gasteiger partial charge is 0.220 e. The van der Waals surface area contributed by atoms with Crippen LogP contribution in [0.3, 0.4) is 0 Å². The highest BCUT2D eigenvalue weighted by atomic mass is 16.1. The summed E-state index contributed by atoms with van der Waals surface area (Å²) < 4.78 is 0. The van der Waals surface area contributed by atoms with Crippen LogP contribution in [0, 0.1) is 29.6 Å². The van der Waals surface area contributed by atoms with Crippen molar-refractivity contribution in [2.45, 2.75) is 130 Å². The van der Waals surface area contributed by atoms with Crippen LogP contribution in [0.15, 0.2) is 0 Å². The van der Waals surface area contributed by atoms with Gasteiger partial charge in [-0.05, 0) is 88.4 Å². The summed E-state index contributed by atoms with van der Waals surface area (Å²) in [7, 11) is 0. The molecule has 0 heterocycles. The quantitative estimate of drug-likeness (QED) is 0.0623. The number of nitrogens with two attached hydrogens (primary N) is 1. The van der Waals surface area contributed by atoms with Crippen molar-refractivity contribution >= 4 is 5.91 Å². The molecule has 0 saturated heterocycles. The van der Waals surface area contributed by atoms with E-state index in [1.165, 1.54) is 77.0 Å². The number of hydrogen-bond acceptors (Lipinski definition) is 7. The molecule has 1 amide bonds. The molecule has 0 aliphatic heterocycles. The first-order chi connectivity index (χ1) is 20.4. The van der Waals surface area contributed by atoms with Crippen molar-refractivity contribution in [1.82, 2.24) is 32.1 Å². The molecule has 2 fully saturated rings. The van der Waals surface area contributed by atoms with Crippen LogP contribution >= 0.6 is 0 Å². The van der Waals surface area contributed by atoms with Gasteiger partial charge in [0.25, 0.3) is 0 Å². The number of hydrogen-bond donors (Lipinski definition) is 7. The van der Waals surface area contributed by atoms with Crippen molar-refractivity contribution in [3.05, 3.63) is 0 Å². The van der Waals surface area contributed by atoms with Gasteiger partial charge in [0.15, 0.2) is 0 Å². The van der Waals surface area contributed by atoms with E-state index in [4.69, 9.17) is 5.73 Å². The van der Waals surface area contributed by atoms with Gasteiger partial charge in [0.1, 0.15) is 0 Å². The fraction of sp³-hybridized carbons (Fsp3) is 0.971. The Morgan fingerprint density at radius 1 is 0.810 bits per heavy atom. The van der Waals surface area contributed by atoms with Crippen LogP contribution in [0.4, 0.5) is 0 Å². The molecule has 5 unspecified atom stereocenters. The van der Waals surface area contributed by atoms with Gasteiger partial charge in [-0.25, -0.2) is 0 Å². The molecular formula is C34H71N7O. The summed E-state index contributed by atoms with van der Waals surface area (Å²) in [4.78, 5) is 12.1. The second-order valence-electron chi connectivity index (χ2n) is 13.9. The molecule has 0 aromatic heterocycles. The number of carbonyl (C=O) groups excluding carboxylic acids is 1. The minimum Gasteiger partial charge on any atom is -0.354 e. The highest BCUT2D eigenvalue weighted by Crippen LogP contribution is 2.44. The SMILES string of the molecule is CCCC(C)C(CCC1CCC[C@H](NCCNNCCNCCNCCN)C1)C1CCC(CCCC(=O)NC(C)C)C1. The van der Waals surface area contributed by atoms with E-state index in [2.05, 4.69) is 46.0 Å². The van der Waals surface area contributed by atoms with E-state index in [-0.39, 0.29) is 11.9 Å². The van der Waals surface area contributed by atoms with E-state index in [0.29, 0.717) is 19.0 Å². The van der Waals surface area contributed by atoms with E-state index >= 15 is 0 Å². The van der Waals surface area contributed by atoms with Gasteiger partial charge in [-0.1, -0.05) is 52.4 Å². The minimum absolute atomic E-state index is 0.230. The van der Waals surface area contributed by atoms with Gasteiger partial charge in [0, 0.05) is 70.9 Å². The molecule has 2 saturated carbocycles. The lowest BCUT2D eigenvalue weighted by atomic mass is 9.73. The van der Waals surface area contributed by atoms with Crippen LogP contribution in [-0.2, 0) is 4.79 Å². The van der Waals surface area contributed by atoms with E-state index in [9.17, 15) is 4.79 Å². The molecular weight excluding hydrogens is 522 g/mol. The summed E-state index contributed by atoms with van der Waals surface area (Å²) in [6.07, 6.45) is 18.2. The molecule has 8 N–H and O–H groups in total. The molecule has 8 heteroatoms.